The molecule has 0 aliphatic heterocycles. The summed E-state index contributed by atoms with van der Waals surface area (Å²) in [6.07, 6.45) is 5.01. The quantitative estimate of drug-likeness (QED) is 0.511. The summed E-state index contributed by atoms with van der Waals surface area (Å²) in [5.41, 5.74) is 0.566. The Morgan fingerprint density at radius 1 is 1.41 bits per heavy atom. The van der Waals surface area contributed by atoms with Crippen LogP contribution < -0.4 is 10.6 Å². The van der Waals surface area contributed by atoms with Crippen molar-refractivity contribution in [1.82, 2.24) is 5.32 Å². The molecule has 0 heterocycles. The van der Waals surface area contributed by atoms with Gasteiger partial charge in [0.25, 0.3) is 0 Å². The number of terminal acetylenes is 1. The molecule has 0 spiro atoms. The molecule has 1 aromatic carbocycles. The highest BCUT2D eigenvalue weighted by molar-refractivity contribution is 5.94. The van der Waals surface area contributed by atoms with E-state index < -0.39 is 5.97 Å². The minimum absolute atomic E-state index is 0.0848. The maximum atomic E-state index is 11.4. The van der Waals surface area contributed by atoms with Gasteiger partial charge in [-0.25, -0.2) is 4.79 Å². The van der Waals surface area contributed by atoms with Crippen LogP contribution in [0.15, 0.2) is 24.3 Å². The molecule has 0 atom stereocenters. The lowest BCUT2D eigenvalue weighted by atomic mass is 10.2. The van der Waals surface area contributed by atoms with Crippen LogP contribution in [-0.4, -0.2) is 30.1 Å². The molecule has 0 aliphatic rings. The van der Waals surface area contributed by atoms with E-state index in [9.17, 15) is 9.59 Å². The van der Waals surface area contributed by atoms with E-state index in [1.807, 2.05) is 0 Å². The zero-order chi connectivity index (χ0) is 12.7. The van der Waals surface area contributed by atoms with Gasteiger partial charge in [-0.1, -0.05) is 12.0 Å². The SMILES string of the molecule is C#CCNCC(=O)Nc1cccc(C(=O)O)c1. The van der Waals surface area contributed by atoms with Crippen LogP contribution >= 0.6 is 0 Å². The molecule has 0 bridgehead atoms. The summed E-state index contributed by atoms with van der Waals surface area (Å²) < 4.78 is 0. The van der Waals surface area contributed by atoms with Crippen LogP contribution in [0.5, 0.6) is 0 Å². The number of aromatic carboxylic acids is 1. The highest BCUT2D eigenvalue weighted by atomic mass is 16.4. The third-order valence-corrected chi connectivity index (χ3v) is 1.91. The first-order valence-electron chi connectivity index (χ1n) is 4.91. The lowest BCUT2D eigenvalue weighted by Crippen LogP contribution is -2.28. The maximum absolute atomic E-state index is 11.4. The smallest absolute Gasteiger partial charge is 0.335 e. The Morgan fingerprint density at radius 2 is 2.18 bits per heavy atom. The van der Waals surface area contributed by atoms with Crippen LogP contribution in [0.3, 0.4) is 0 Å². The molecule has 0 fully saturated rings. The fourth-order valence-electron chi connectivity index (χ4n) is 1.18. The second-order valence-electron chi connectivity index (χ2n) is 3.24. The van der Waals surface area contributed by atoms with Crippen molar-refractivity contribution in [2.45, 2.75) is 0 Å². The van der Waals surface area contributed by atoms with Crippen molar-refractivity contribution in [3.8, 4) is 12.3 Å². The molecule has 3 N–H and O–H groups in total. The number of carboxylic acid groups (broad SMARTS) is 1. The normalized spacial score (nSPS) is 9.35. The number of nitrogens with one attached hydrogen (secondary N) is 2. The van der Waals surface area contributed by atoms with Crippen LogP contribution in [0, 0.1) is 12.3 Å². The molecule has 1 aromatic rings. The van der Waals surface area contributed by atoms with E-state index in [1.54, 1.807) is 12.1 Å². The third-order valence-electron chi connectivity index (χ3n) is 1.91. The van der Waals surface area contributed by atoms with Crippen molar-refractivity contribution in [2.75, 3.05) is 18.4 Å². The number of carboxylic acids is 1. The first-order valence-corrected chi connectivity index (χ1v) is 4.91. The highest BCUT2D eigenvalue weighted by Crippen LogP contribution is 2.10. The van der Waals surface area contributed by atoms with Crippen LogP contribution in [0.4, 0.5) is 5.69 Å². The van der Waals surface area contributed by atoms with E-state index in [2.05, 4.69) is 16.6 Å². The number of rotatable bonds is 5. The minimum Gasteiger partial charge on any atom is -0.478 e. The Hall–Kier alpha value is -2.32. The van der Waals surface area contributed by atoms with E-state index in [1.165, 1.54) is 12.1 Å². The van der Waals surface area contributed by atoms with E-state index in [0.717, 1.165) is 0 Å². The van der Waals surface area contributed by atoms with Crippen molar-refractivity contribution >= 4 is 17.6 Å². The Labute approximate surface area is 98.8 Å². The van der Waals surface area contributed by atoms with E-state index in [0.29, 0.717) is 12.2 Å². The first kappa shape index (κ1) is 12.7. The Bertz CT molecular complexity index is 463. The van der Waals surface area contributed by atoms with Crippen molar-refractivity contribution in [3.05, 3.63) is 29.8 Å². The number of carbonyl (C=O) groups excluding carboxylic acids is 1. The zero-order valence-electron chi connectivity index (χ0n) is 9.06. The molecule has 0 saturated heterocycles. The summed E-state index contributed by atoms with van der Waals surface area (Å²) >= 11 is 0. The van der Waals surface area contributed by atoms with Gasteiger partial charge >= 0.3 is 5.97 Å². The largest absolute Gasteiger partial charge is 0.478 e. The third kappa shape index (κ3) is 4.36. The number of amides is 1. The molecule has 17 heavy (non-hydrogen) atoms. The summed E-state index contributed by atoms with van der Waals surface area (Å²) in [5, 5.41) is 14.1. The molecule has 0 aliphatic carbocycles. The molecule has 0 saturated carbocycles. The summed E-state index contributed by atoms with van der Waals surface area (Å²) in [6, 6.07) is 6.02. The van der Waals surface area contributed by atoms with Crippen molar-refractivity contribution in [1.29, 1.82) is 0 Å². The molecule has 0 unspecified atom stereocenters. The number of benzene rings is 1. The first-order chi connectivity index (χ1) is 8.13. The number of hydrogen-bond acceptors (Lipinski definition) is 3. The van der Waals surface area contributed by atoms with Crippen LogP contribution in [0.25, 0.3) is 0 Å². The van der Waals surface area contributed by atoms with Crippen molar-refractivity contribution in [3.63, 3.8) is 0 Å². The van der Waals surface area contributed by atoms with Crippen molar-refractivity contribution in [2.24, 2.45) is 0 Å². The molecule has 88 valence electrons. The second-order valence-corrected chi connectivity index (χ2v) is 3.24. The molecular formula is C12H12N2O3. The molecular weight excluding hydrogens is 220 g/mol. The standard InChI is InChI=1S/C12H12N2O3/c1-2-6-13-8-11(15)14-10-5-3-4-9(7-10)12(16)17/h1,3-5,7,13H,6,8H2,(H,14,15)(H,16,17). The topological polar surface area (TPSA) is 78.4 Å². The second kappa shape index (κ2) is 6.30. The van der Waals surface area contributed by atoms with Gasteiger partial charge in [0.15, 0.2) is 0 Å². The fraction of sp³-hybridized carbons (Fsp3) is 0.167. The van der Waals surface area contributed by atoms with Crippen LogP contribution in [0.1, 0.15) is 10.4 Å². The summed E-state index contributed by atoms with van der Waals surface area (Å²) in [4.78, 5) is 22.1. The predicted octanol–water partition coefficient (Wildman–Crippen LogP) is 0.546. The minimum atomic E-state index is -1.04. The lowest BCUT2D eigenvalue weighted by Gasteiger charge is -2.05. The average molecular weight is 232 g/mol. The van der Waals surface area contributed by atoms with Gasteiger partial charge in [0.05, 0.1) is 18.7 Å². The summed E-state index contributed by atoms with van der Waals surface area (Å²) in [5.74, 6) is 1.03. The van der Waals surface area contributed by atoms with Gasteiger partial charge in [-0.05, 0) is 18.2 Å². The van der Waals surface area contributed by atoms with E-state index in [-0.39, 0.29) is 18.0 Å². The molecule has 5 heteroatoms. The summed E-state index contributed by atoms with van der Waals surface area (Å²) in [7, 11) is 0. The maximum Gasteiger partial charge on any atom is 0.335 e. The zero-order valence-corrected chi connectivity index (χ0v) is 9.06. The Balaban J connectivity index is 2.57. The van der Waals surface area contributed by atoms with Gasteiger partial charge in [-0.3, -0.25) is 10.1 Å². The van der Waals surface area contributed by atoms with Gasteiger partial charge in [-0.2, -0.15) is 0 Å². The predicted molar refractivity (Wildman–Crippen MR) is 63.7 cm³/mol. The van der Waals surface area contributed by atoms with Gasteiger partial charge < -0.3 is 10.4 Å². The van der Waals surface area contributed by atoms with Gasteiger partial charge in [-0.15, -0.1) is 6.42 Å². The van der Waals surface area contributed by atoms with Gasteiger partial charge in [0, 0.05) is 5.69 Å². The van der Waals surface area contributed by atoms with Crippen LogP contribution in [-0.2, 0) is 4.79 Å². The molecule has 0 aromatic heterocycles. The number of hydrogen-bond donors (Lipinski definition) is 3. The van der Waals surface area contributed by atoms with Crippen molar-refractivity contribution < 1.29 is 14.7 Å². The highest BCUT2D eigenvalue weighted by Gasteiger charge is 2.05. The fourth-order valence-corrected chi connectivity index (χ4v) is 1.18. The molecule has 1 rings (SSSR count). The van der Waals surface area contributed by atoms with E-state index >= 15 is 0 Å². The monoisotopic (exact) mass is 232 g/mol. The van der Waals surface area contributed by atoms with Gasteiger partial charge in [0.1, 0.15) is 0 Å². The number of carbonyl (C=O) groups is 2. The molecule has 0 radical (unpaired) electrons. The lowest BCUT2D eigenvalue weighted by molar-refractivity contribution is -0.115. The molecule has 1 amide bonds. The van der Waals surface area contributed by atoms with Gasteiger partial charge in [0.2, 0.25) is 5.91 Å². The van der Waals surface area contributed by atoms with Crippen LogP contribution in [0.2, 0.25) is 0 Å². The molecule has 5 nitrogen and oxygen atoms in total. The summed E-state index contributed by atoms with van der Waals surface area (Å²) in [6.45, 7) is 0.393. The Morgan fingerprint density at radius 3 is 2.82 bits per heavy atom. The Kier molecular flexibility index (Phi) is 4.73. The average Bonchev–Trinajstić information content (AvgIpc) is 2.29. The van der Waals surface area contributed by atoms with E-state index in [4.69, 9.17) is 11.5 Å². The number of anilines is 1.